The van der Waals surface area contributed by atoms with Crippen LogP contribution in [0, 0.1) is 19.7 Å². The first-order chi connectivity index (χ1) is 11.1. The van der Waals surface area contributed by atoms with E-state index < -0.39 is 11.7 Å². The number of aromatic nitrogens is 2. The maximum Gasteiger partial charge on any atom is 0.313 e. The van der Waals surface area contributed by atoms with E-state index in [9.17, 15) is 9.18 Å². The van der Waals surface area contributed by atoms with E-state index in [1.807, 2.05) is 32.0 Å². The number of amides is 1. The first-order valence-electron chi connectivity index (χ1n) is 7.02. The maximum absolute atomic E-state index is 13.7. The molecule has 1 amide bonds. The lowest BCUT2D eigenvalue weighted by Crippen LogP contribution is -2.14. The molecule has 0 aliphatic rings. The standard InChI is InChI=1S/C17H14FN3O2/c1-10-6-5-7-11(2)14(10)19-15(22)17-21-20-16(23-17)12-8-3-4-9-13(12)18/h3-9H,1-2H3,(H,19,22). The van der Waals surface area contributed by atoms with Crippen molar-refractivity contribution in [1.29, 1.82) is 0 Å². The van der Waals surface area contributed by atoms with Crippen LogP contribution in [0.1, 0.15) is 21.8 Å². The molecule has 0 unspecified atom stereocenters. The summed E-state index contributed by atoms with van der Waals surface area (Å²) in [6, 6.07) is 11.7. The number of rotatable bonds is 3. The zero-order valence-corrected chi connectivity index (χ0v) is 12.6. The second-order valence-corrected chi connectivity index (χ2v) is 5.11. The summed E-state index contributed by atoms with van der Waals surface area (Å²) >= 11 is 0. The van der Waals surface area contributed by atoms with Crippen molar-refractivity contribution in [2.45, 2.75) is 13.8 Å². The molecule has 1 N–H and O–H groups in total. The van der Waals surface area contributed by atoms with Gasteiger partial charge in [0, 0.05) is 5.69 Å². The molecule has 1 heterocycles. The van der Waals surface area contributed by atoms with Crippen LogP contribution >= 0.6 is 0 Å². The molecule has 2 aromatic carbocycles. The van der Waals surface area contributed by atoms with Crippen molar-refractivity contribution in [1.82, 2.24) is 10.2 Å². The van der Waals surface area contributed by atoms with E-state index in [1.165, 1.54) is 12.1 Å². The maximum atomic E-state index is 13.7. The van der Waals surface area contributed by atoms with E-state index in [1.54, 1.807) is 12.1 Å². The molecule has 5 nitrogen and oxygen atoms in total. The van der Waals surface area contributed by atoms with Gasteiger partial charge in [-0.1, -0.05) is 30.3 Å². The molecule has 3 aromatic rings. The minimum absolute atomic E-state index is 0.0326. The zero-order valence-electron chi connectivity index (χ0n) is 12.6. The van der Waals surface area contributed by atoms with Gasteiger partial charge in [0.25, 0.3) is 5.89 Å². The van der Waals surface area contributed by atoms with Crippen LogP contribution in [0.2, 0.25) is 0 Å². The highest BCUT2D eigenvalue weighted by molar-refractivity contribution is 6.01. The minimum Gasteiger partial charge on any atom is -0.412 e. The third kappa shape index (κ3) is 2.96. The molecule has 0 bridgehead atoms. The average molecular weight is 311 g/mol. The smallest absolute Gasteiger partial charge is 0.313 e. The Morgan fingerprint density at radius 2 is 1.74 bits per heavy atom. The number of carbonyl (C=O) groups is 1. The van der Waals surface area contributed by atoms with Crippen LogP contribution in [-0.4, -0.2) is 16.1 Å². The molecule has 0 aliphatic heterocycles. The van der Waals surface area contributed by atoms with Gasteiger partial charge in [-0.2, -0.15) is 0 Å². The Kier molecular flexibility index (Phi) is 3.89. The SMILES string of the molecule is Cc1cccc(C)c1NC(=O)c1nnc(-c2ccccc2F)o1. The lowest BCUT2D eigenvalue weighted by Gasteiger charge is -2.09. The number of anilines is 1. The quantitative estimate of drug-likeness (QED) is 0.800. The van der Waals surface area contributed by atoms with E-state index >= 15 is 0 Å². The van der Waals surface area contributed by atoms with Gasteiger partial charge in [-0.25, -0.2) is 4.39 Å². The lowest BCUT2D eigenvalue weighted by molar-refractivity contribution is 0.0990. The minimum atomic E-state index is -0.530. The number of benzene rings is 2. The van der Waals surface area contributed by atoms with Crippen LogP contribution in [0.5, 0.6) is 0 Å². The Hall–Kier alpha value is -3.02. The normalized spacial score (nSPS) is 10.6. The Balaban J connectivity index is 1.86. The summed E-state index contributed by atoms with van der Waals surface area (Å²) in [6.45, 7) is 3.78. The Morgan fingerprint density at radius 1 is 1.04 bits per heavy atom. The monoisotopic (exact) mass is 311 g/mol. The molecule has 0 radical (unpaired) electrons. The summed E-state index contributed by atoms with van der Waals surface area (Å²) in [5.74, 6) is -1.27. The van der Waals surface area contributed by atoms with E-state index in [0.717, 1.165) is 11.1 Å². The summed E-state index contributed by atoms with van der Waals surface area (Å²) in [7, 11) is 0. The summed E-state index contributed by atoms with van der Waals surface area (Å²) in [4.78, 5) is 12.2. The highest BCUT2D eigenvalue weighted by Gasteiger charge is 2.19. The highest BCUT2D eigenvalue weighted by Crippen LogP contribution is 2.23. The van der Waals surface area contributed by atoms with Crippen LogP contribution in [0.15, 0.2) is 46.9 Å². The number of aryl methyl sites for hydroxylation is 2. The molecule has 0 atom stereocenters. The molecule has 23 heavy (non-hydrogen) atoms. The topological polar surface area (TPSA) is 68.0 Å². The second kappa shape index (κ2) is 6.00. The summed E-state index contributed by atoms with van der Waals surface area (Å²) in [5, 5.41) is 10.2. The number of carbonyl (C=O) groups excluding carboxylic acids is 1. The Labute approximate surface area is 132 Å². The lowest BCUT2D eigenvalue weighted by atomic mass is 10.1. The number of halogens is 1. The highest BCUT2D eigenvalue weighted by atomic mass is 19.1. The average Bonchev–Trinajstić information content (AvgIpc) is 3.01. The molecule has 1 aromatic heterocycles. The van der Waals surface area contributed by atoms with Crippen LogP contribution in [-0.2, 0) is 0 Å². The molecule has 6 heteroatoms. The molecular formula is C17H14FN3O2. The fraction of sp³-hybridized carbons (Fsp3) is 0.118. The third-order valence-corrected chi connectivity index (χ3v) is 3.44. The fourth-order valence-corrected chi connectivity index (χ4v) is 2.24. The van der Waals surface area contributed by atoms with E-state index in [-0.39, 0.29) is 17.3 Å². The number of nitrogens with one attached hydrogen (secondary N) is 1. The van der Waals surface area contributed by atoms with Crippen molar-refractivity contribution in [2.75, 3.05) is 5.32 Å². The van der Waals surface area contributed by atoms with Gasteiger partial charge in [-0.15, -0.1) is 10.2 Å². The molecule has 0 saturated heterocycles. The summed E-state index contributed by atoms with van der Waals surface area (Å²) in [6.07, 6.45) is 0. The van der Waals surface area contributed by atoms with Crippen LogP contribution in [0.4, 0.5) is 10.1 Å². The van der Waals surface area contributed by atoms with E-state index in [0.29, 0.717) is 5.69 Å². The summed E-state index contributed by atoms with van der Waals surface area (Å²) < 4.78 is 19.0. The van der Waals surface area contributed by atoms with Crippen LogP contribution < -0.4 is 5.32 Å². The molecular weight excluding hydrogens is 297 g/mol. The van der Waals surface area contributed by atoms with Gasteiger partial charge in [0.1, 0.15) is 5.82 Å². The Bertz CT molecular complexity index is 854. The van der Waals surface area contributed by atoms with E-state index in [4.69, 9.17) is 4.42 Å². The number of para-hydroxylation sites is 1. The molecule has 116 valence electrons. The second-order valence-electron chi connectivity index (χ2n) is 5.11. The first-order valence-corrected chi connectivity index (χ1v) is 7.02. The van der Waals surface area contributed by atoms with Crippen molar-refractivity contribution in [3.05, 3.63) is 65.3 Å². The fourth-order valence-electron chi connectivity index (χ4n) is 2.24. The van der Waals surface area contributed by atoms with Gasteiger partial charge in [0.2, 0.25) is 0 Å². The van der Waals surface area contributed by atoms with Crippen molar-refractivity contribution in [3.63, 3.8) is 0 Å². The largest absolute Gasteiger partial charge is 0.412 e. The third-order valence-electron chi connectivity index (χ3n) is 3.44. The van der Waals surface area contributed by atoms with Gasteiger partial charge in [-0.3, -0.25) is 4.79 Å². The van der Waals surface area contributed by atoms with E-state index in [2.05, 4.69) is 15.5 Å². The molecule has 0 fully saturated rings. The number of nitrogens with zero attached hydrogens (tertiary/aromatic N) is 2. The first kappa shape index (κ1) is 14.9. The molecule has 0 aliphatic carbocycles. The van der Waals surface area contributed by atoms with Crippen molar-refractivity contribution in [2.24, 2.45) is 0 Å². The predicted octanol–water partition coefficient (Wildman–Crippen LogP) is 3.74. The van der Waals surface area contributed by atoms with Crippen LogP contribution in [0.3, 0.4) is 0 Å². The molecule has 0 spiro atoms. The van der Waals surface area contributed by atoms with Crippen LogP contribution in [0.25, 0.3) is 11.5 Å². The van der Waals surface area contributed by atoms with Gasteiger partial charge in [-0.05, 0) is 37.1 Å². The zero-order chi connectivity index (χ0) is 16.4. The van der Waals surface area contributed by atoms with Gasteiger partial charge in [0.15, 0.2) is 0 Å². The van der Waals surface area contributed by atoms with Gasteiger partial charge < -0.3 is 9.73 Å². The summed E-state index contributed by atoms with van der Waals surface area (Å²) in [5.41, 5.74) is 2.70. The van der Waals surface area contributed by atoms with Gasteiger partial charge >= 0.3 is 11.8 Å². The number of hydrogen-bond donors (Lipinski definition) is 1. The van der Waals surface area contributed by atoms with Crippen molar-refractivity contribution >= 4 is 11.6 Å². The molecule has 3 rings (SSSR count). The van der Waals surface area contributed by atoms with Gasteiger partial charge in [0.05, 0.1) is 5.56 Å². The Morgan fingerprint density at radius 3 is 2.43 bits per heavy atom. The predicted molar refractivity (Wildman–Crippen MR) is 83.6 cm³/mol. The van der Waals surface area contributed by atoms with Crippen molar-refractivity contribution in [3.8, 4) is 11.5 Å². The van der Waals surface area contributed by atoms with Crippen molar-refractivity contribution < 1.29 is 13.6 Å². The number of hydrogen-bond acceptors (Lipinski definition) is 4. The molecule has 0 saturated carbocycles.